The van der Waals surface area contributed by atoms with Gasteiger partial charge in [0, 0.05) is 31.1 Å². The van der Waals surface area contributed by atoms with Crippen LogP contribution >= 0.6 is 11.8 Å². The Kier molecular flexibility index (Phi) is 7.44. The summed E-state index contributed by atoms with van der Waals surface area (Å²) in [6.45, 7) is 4.58. The number of para-hydroxylation sites is 2. The van der Waals surface area contributed by atoms with E-state index in [4.69, 9.17) is 4.74 Å². The van der Waals surface area contributed by atoms with E-state index in [0.29, 0.717) is 5.41 Å². The Morgan fingerprint density at radius 1 is 0.943 bits per heavy atom. The van der Waals surface area contributed by atoms with E-state index >= 15 is 0 Å². The summed E-state index contributed by atoms with van der Waals surface area (Å²) in [5, 5.41) is 9.81. The highest BCUT2D eigenvalue weighted by atomic mass is 32.2. The monoisotopic (exact) mass is 489 g/mol. The van der Waals surface area contributed by atoms with Crippen LogP contribution in [0.1, 0.15) is 25.7 Å². The van der Waals surface area contributed by atoms with Gasteiger partial charge in [0.2, 0.25) is 0 Å². The van der Waals surface area contributed by atoms with E-state index in [1.54, 1.807) is 7.11 Å². The second kappa shape index (κ2) is 10.9. The summed E-state index contributed by atoms with van der Waals surface area (Å²) >= 11 is 1.81. The summed E-state index contributed by atoms with van der Waals surface area (Å²) in [6, 6.07) is 18.6. The lowest BCUT2D eigenvalue weighted by molar-refractivity contribution is 0.131. The van der Waals surface area contributed by atoms with Crippen molar-refractivity contribution in [3.05, 3.63) is 66.9 Å². The van der Waals surface area contributed by atoms with Gasteiger partial charge in [-0.2, -0.15) is 0 Å². The molecule has 184 valence electrons. The number of anilines is 1. The molecule has 1 spiro atoms. The number of methoxy groups -OCH3 is 1. The van der Waals surface area contributed by atoms with Crippen molar-refractivity contribution in [1.82, 2.24) is 19.7 Å². The molecule has 2 aliphatic heterocycles. The van der Waals surface area contributed by atoms with Gasteiger partial charge in [-0.15, -0.1) is 10.2 Å². The summed E-state index contributed by atoms with van der Waals surface area (Å²) in [5.74, 6) is 2.94. The van der Waals surface area contributed by atoms with Gasteiger partial charge in [-0.05, 0) is 62.9 Å². The number of benzene rings is 2. The Bertz CT molecular complexity index is 1140. The molecule has 0 radical (unpaired) electrons. The maximum atomic E-state index is 5.56. The fourth-order valence-electron chi connectivity index (χ4n) is 5.19. The van der Waals surface area contributed by atoms with Crippen molar-refractivity contribution < 1.29 is 4.74 Å². The first-order valence-electron chi connectivity index (χ1n) is 12.6. The normalized spacial score (nSPS) is 17.7. The van der Waals surface area contributed by atoms with Gasteiger partial charge in [-0.25, -0.2) is 0 Å². The van der Waals surface area contributed by atoms with Crippen LogP contribution in [0.2, 0.25) is 0 Å². The SMILES string of the molecule is COc1ccccc1N1C=CC2(CCN(CCCSc3nnc(-c4ccccc4)n3C)CC2)CC1. The van der Waals surface area contributed by atoms with Crippen LogP contribution in [0.3, 0.4) is 0 Å². The van der Waals surface area contributed by atoms with Crippen LogP contribution in [-0.2, 0) is 7.05 Å². The third-order valence-corrected chi connectivity index (χ3v) is 8.53. The average Bonchev–Trinajstić information content (AvgIpc) is 3.28. The smallest absolute Gasteiger partial charge is 0.191 e. The summed E-state index contributed by atoms with van der Waals surface area (Å²) in [5.41, 5.74) is 2.63. The highest BCUT2D eigenvalue weighted by molar-refractivity contribution is 7.99. The Labute approximate surface area is 213 Å². The van der Waals surface area contributed by atoms with Crippen molar-refractivity contribution in [2.45, 2.75) is 30.8 Å². The minimum absolute atomic E-state index is 0.357. The molecule has 5 rings (SSSR count). The molecule has 35 heavy (non-hydrogen) atoms. The van der Waals surface area contributed by atoms with Crippen molar-refractivity contribution in [3.63, 3.8) is 0 Å². The van der Waals surface area contributed by atoms with E-state index in [9.17, 15) is 0 Å². The Balaban J connectivity index is 1.07. The first kappa shape index (κ1) is 23.9. The Morgan fingerprint density at radius 3 is 2.43 bits per heavy atom. The second-order valence-corrected chi connectivity index (χ2v) is 10.6. The molecule has 2 aromatic carbocycles. The van der Waals surface area contributed by atoms with Crippen molar-refractivity contribution in [2.24, 2.45) is 12.5 Å². The molecule has 2 aliphatic rings. The molecule has 0 bridgehead atoms. The van der Waals surface area contributed by atoms with Crippen LogP contribution in [0.4, 0.5) is 5.69 Å². The van der Waals surface area contributed by atoms with E-state index in [1.165, 1.54) is 38.8 Å². The van der Waals surface area contributed by atoms with Gasteiger partial charge in [-0.3, -0.25) is 0 Å². The molecular formula is C28H35N5OS. The molecule has 7 heteroatoms. The molecule has 0 N–H and O–H groups in total. The minimum Gasteiger partial charge on any atom is -0.495 e. The summed E-state index contributed by atoms with van der Waals surface area (Å²) in [6.07, 6.45) is 9.64. The maximum Gasteiger partial charge on any atom is 0.191 e. The Morgan fingerprint density at radius 2 is 1.69 bits per heavy atom. The second-order valence-electron chi connectivity index (χ2n) is 9.57. The van der Waals surface area contributed by atoms with Crippen molar-refractivity contribution >= 4 is 17.4 Å². The first-order chi connectivity index (χ1) is 17.2. The van der Waals surface area contributed by atoms with Gasteiger partial charge < -0.3 is 19.1 Å². The van der Waals surface area contributed by atoms with Gasteiger partial charge in [0.05, 0.1) is 12.8 Å². The maximum absolute atomic E-state index is 5.56. The van der Waals surface area contributed by atoms with E-state index in [-0.39, 0.29) is 0 Å². The fraction of sp³-hybridized carbons (Fsp3) is 0.429. The van der Waals surface area contributed by atoms with Crippen molar-refractivity contribution in [2.75, 3.05) is 43.9 Å². The number of allylic oxidation sites excluding steroid dienone is 1. The number of ether oxygens (including phenoxy) is 1. The lowest BCUT2D eigenvalue weighted by Gasteiger charge is -2.43. The summed E-state index contributed by atoms with van der Waals surface area (Å²) in [4.78, 5) is 4.97. The lowest BCUT2D eigenvalue weighted by Crippen LogP contribution is -2.43. The molecule has 1 aromatic heterocycles. The third-order valence-electron chi connectivity index (χ3n) is 7.42. The van der Waals surface area contributed by atoms with Crippen LogP contribution in [0.25, 0.3) is 11.4 Å². The van der Waals surface area contributed by atoms with Crippen LogP contribution in [-0.4, -0.2) is 58.7 Å². The number of aromatic nitrogens is 3. The van der Waals surface area contributed by atoms with E-state index < -0.39 is 0 Å². The van der Waals surface area contributed by atoms with Crippen LogP contribution in [0, 0.1) is 5.41 Å². The van der Waals surface area contributed by atoms with Crippen molar-refractivity contribution in [3.8, 4) is 17.1 Å². The Hall–Kier alpha value is -2.77. The fourth-order valence-corrected chi connectivity index (χ4v) is 6.02. The molecule has 0 atom stereocenters. The number of hydrogen-bond donors (Lipinski definition) is 0. The molecule has 6 nitrogen and oxygen atoms in total. The van der Waals surface area contributed by atoms with Gasteiger partial charge in [0.1, 0.15) is 5.75 Å². The predicted molar refractivity (Wildman–Crippen MR) is 144 cm³/mol. The van der Waals surface area contributed by atoms with Gasteiger partial charge in [0.15, 0.2) is 11.0 Å². The average molecular weight is 490 g/mol. The number of hydrogen-bond acceptors (Lipinski definition) is 6. The molecule has 0 aliphatic carbocycles. The van der Waals surface area contributed by atoms with Crippen LogP contribution in [0.15, 0.2) is 72.0 Å². The van der Waals surface area contributed by atoms with Crippen molar-refractivity contribution in [1.29, 1.82) is 0 Å². The number of likely N-dealkylation sites (tertiary alicyclic amines) is 1. The summed E-state index contributed by atoms with van der Waals surface area (Å²) < 4.78 is 7.67. The topological polar surface area (TPSA) is 46.4 Å². The molecule has 1 fully saturated rings. The third kappa shape index (κ3) is 5.41. The number of piperidine rings is 1. The molecular weight excluding hydrogens is 454 g/mol. The summed E-state index contributed by atoms with van der Waals surface area (Å²) in [7, 11) is 3.80. The van der Waals surface area contributed by atoms with Gasteiger partial charge in [0.25, 0.3) is 0 Å². The minimum atomic E-state index is 0.357. The molecule has 0 saturated carbocycles. The number of nitrogens with zero attached hydrogens (tertiary/aromatic N) is 5. The molecule has 3 heterocycles. The largest absolute Gasteiger partial charge is 0.495 e. The quantitative estimate of drug-likeness (QED) is 0.308. The molecule has 0 amide bonds. The predicted octanol–water partition coefficient (Wildman–Crippen LogP) is 5.48. The zero-order valence-electron chi connectivity index (χ0n) is 20.8. The zero-order chi connectivity index (χ0) is 24.1. The first-order valence-corrected chi connectivity index (χ1v) is 13.5. The highest BCUT2D eigenvalue weighted by Gasteiger charge is 2.34. The van der Waals surface area contributed by atoms with E-state index in [1.807, 2.05) is 42.1 Å². The molecule has 1 saturated heterocycles. The number of rotatable bonds is 8. The van der Waals surface area contributed by atoms with E-state index in [0.717, 1.165) is 46.8 Å². The zero-order valence-corrected chi connectivity index (χ0v) is 21.6. The van der Waals surface area contributed by atoms with Crippen LogP contribution < -0.4 is 9.64 Å². The number of thioether (sulfide) groups is 1. The van der Waals surface area contributed by atoms with Crippen LogP contribution in [0.5, 0.6) is 5.75 Å². The molecule has 0 unspecified atom stereocenters. The highest BCUT2D eigenvalue weighted by Crippen LogP contribution is 2.41. The van der Waals surface area contributed by atoms with Gasteiger partial charge >= 0.3 is 0 Å². The van der Waals surface area contributed by atoms with Gasteiger partial charge in [-0.1, -0.05) is 60.3 Å². The molecule has 3 aromatic rings. The van der Waals surface area contributed by atoms with E-state index in [2.05, 4.69) is 68.2 Å². The lowest BCUT2D eigenvalue weighted by atomic mass is 9.74. The standard InChI is InChI=1S/C28H35N5OS/c1-31-26(23-9-4-3-5-10-23)29-30-27(31)35-22-8-17-32-18-13-28(14-19-32)15-20-33(21-16-28)24-11-6-7-12-25(24)34-2/h3-7,9-12,15,20H,8,13-14,16-19,21-22H2,1-2H3.